The molecule has 0 saturated heterocycles. The molecular weight excluding hydrogens is 298 g/mol. The molecule has 0 fully saturated rings. The quantitative estimate of drug-likeness (QED) is 0.804. The monoisotopic (exact) mass is 327 g/mol. The first-order valence-corrected chi connectivity index (χ1v) is 9.01. The van der Waals surface area contributed by atoms with E-state index in [2.05, 4.69) is 18.6 Å². The summed E-state index contributed by atoms with van der Waals surface area (Å²) in [4.78, 5) is 2.18. The topological polar surface area (TPSA) is 75.4 Å². The maximum atomic E-state index is 12.7. The fourth-order valence-electron chi connectivity index (χ4n) is 2.69. The summed E-state index contributed by atoms with van der Waals surface area (Å²) in [5.41, 5.74) is 7.09. The molecule has 0 aromatic heterocycles. The van der Waals surface area contributed by atoms with Gasteiger partial charge < -0.3 is 10.6 Å². The van der Waals surface area contributed by atoms with Gasteiger partial charge in [-0.2, -0.15) is 0 Å². The van der Waals surface area contributed by atoms with Crippen LogP contribution in [0.4, 0.5) is 5.69 Å². The van der Waals surface area contributed by atoms with Crippen molar-refractivity contribution in [2.45, 2.75) is 44.6 Å². The molecule has 1 atom stereocenters. The Morgan fingerprint density at radius 1 is 1.32 bits per heavy atom. The summed E-state index contributed by atoms with van der Waals surface area (Å²) in [6.45, 7) is 8.18. The number of benzene rings is 1. The SMILES string of the molecule is Cc1ccc(S(=O)(=O)NC(C)(CN)CC(C)C)cc1N(C)C. The molecule has 3 N–H and O–H groups in total. The van der Waals surface area contributed by atoms with E-state index in [1.807, 2.05) is 38.9 Å². The zero-order chi connectivity index (χ0) is 17.1. The number of aryl methyl sites for hydroxylation is 1. The van der Waals surface area contributed by atoms with Gasteiger partial charge in [-0.15, -0.1) is 0 Å². The molecule has 0 aliphatic carbocycles. The molecule has 0 spiro atoms. The summed E-state index contributed by atoms with van der Waals surface area (Å²) >= 11 is 0. The maximum absolute atomic E-state index is 12.7. The predicted octanol–water partition coefficient (Wildman–Crippen LogP) is 2.10. The van der Waals surface area contributed by atoms with Crippen LogP contribution in [0, 0.1) is 12.8 Å². The number of anilines is 1. The molecule has 0 aliphatic heterocycles. The second-order valence-electron chi connectivity index (χ2n) is 6.81. The zero-order valence-corrected chi connectivity index (χ0v) is 15.3. The summed E-state index contributed by atoms with van der Waals surface area (Å²) in [5, 5.41) is 0. The lowest BCUT2D eigenvalue weighted by Gasteiger charge is -2.31. The number of rotatable bonds is 7. The van der Waals surface area contributed by atoms with Gasteiger partial charge in [0.2, 0.25) is 10.0 Å². The first kappa shape index (κ1) is 18.9. The largest absolute Gasteiger partial charge is 0.377 e. The number of nitrogens with zero attached hydrogens (tertiary/aromatic N) is 1. The Hall–Kier alpha value is -1.11. The molecule has 0 aliphatic rings. The fourth-order valence-corrected chi connectivity index (χ4v) is 4.14. The van der Waals surface area contributed by atoms with Crippen molar-refractivity contribution in [1.82, 2.24) is 4.72 Å². The van der Waals surface area contributed by atoms with Crippen molar-refractivity contribution in [3.05, 3.63) is 23.8 Å². The van der Waals surface area contributed by atoms with Crippen LogP contribution in [0.3, 0.4) is 0 Å². The number of hydrogen-bond donors (Lipinski definition) is 2. The predicted molar refractivity (Wildman–Crippen MR) is 92.7 cm³/mol. The van der Waals surface area contributed by atoms with Crippen molar-refractivity contribution in [3.8, 4) is 0 Å². The summed E-state index contributed by atoms with van der Waals surface area (Å²) in [6.07, 6.45) is 0.690. The normalized spacial score (nSPS) is 14.9. The van der Waals surface area contributed by atoms with Crippen molar-refractivity contribution in [2.75, 3.05) is 25.5 Å². The average molecular weight is 327 g/mol. The van der Waals surface area contributed by atoms with Crippen LogP contribution in [0.2, 0.25) is 0 Å². The molecule has 0 amide bonds. The molecule has 1 aromatic carbocycles. The van der Waals surface area contributed by atoms with Crippen LogP contribution < -0.4 is 15.4 Å². The van der Waals surface area contributed by atoms with Gasteiger partial charge in [0.05, 0.1) is 4.90 Å². The molecule has 0 saturated carbocycles. The molecule has 0 bridgehead atoms. The lowest BCUT2D eigenvalue weighted by Crippen LogP contribution is -2.52. The van der Waals surface area contributed by atoms with Crippen LogP contribution in [0.1, 0.15) is 32.8 Å². The number of nitrogens with one attached hydrogen (secondary N) is 1. The van der Waals surface area contributed by atoms with Gasteiger partial charge in [-0.1, -0.05) is 19.9 Å². The first-order valence-electron chi connectivity index (χ1n) is 7.53. The highest BCUT2D eigenvalue weighted by atomic mass is 32.2. The van der Waals surface area contributed by atoms with E-state index < -0.39 is 15.6 Å². The van der Waals surface area contributed by atoms with Gasteiger partial charge in [0.15, 0.2) is 0 Å². The highest BCUT2D eigenvalue weighted by molar-refractivity contribution is 7.89. The van der Waals surface area contributed by atoms with Crippen molar-refractivity contribution in [1.29, 1.82) is 0 Å². The van der Waals surface area contributed by atoms with Gasteiger partial charge in [-0.3, -0.25) is 0 Å². The van der Waals surface area contributed by atoms with Crippen molar-refractivity contribution in [3.63, 3.8) is 0 Å². The Morgan fingerprint density at radius 3 is 2.36 bits per heavy atom. The smallest absolute Gasteiger partial charge is 0.241 e. The van der Waals surface area contributed by atoms with E-state index in [-0.39, 0.29) is 11.4 Å². The van der Waals surface area contributed by atoms with E-state index in [1.165, 1.54) is 0 Å². The minimum absolute atomic E-state index is 0.261. The van der Waals surface area contributed by atoms with Gasteiger partial charge >= 0.3 is 0 Å². The van der Waals surface area contributed by atoms with Gasteiger partial charge in [0, 0.05) is 31.9 Å². The second kappa shape index (κ2) is 6.98. The van der Waals surface area contributed by atoms with E-state index in [4.69, 9.17) is 5.73 Å². The highest BCUT2D eigenvalue weighted by Crippen LogP contribution is 2.24. The van der Waals surface area contributed by atoms with Crippen molar-refractivity contribution in [2.24, 2.45) is 11.7 Å². The van der Waals surface area contributed by atoms with Gasteiger partial charge in [0.25, 0.3) is 0 Å². The molecule has 126 valence electrons. The highest BCUT2D eigenvalue weighted by Gasteiger charge is 2.30. The third kappa shape index (κ3) is 4.69. The molecular formula is C16H29N3O2S. The van der Waals surface area contributed by atoms with E-state index in [0.29, 0.717) is 12.3 Å². The number of sulfonamides is 1. The van der Waals surface area contributed by atoms with Crippen LogP contribution in [-0.4, -0.2) is 34.6 Å². The molecule has 1 unspecified atom stereocenters. The molecule has 6 heteroatoms. The molecule has 5 nitrogen and oxygen atoms in total. The van der Waals surface area contributed by atoms with Crippen LogP contribution in [0.25, 0.3) is 0 Å². The van der Waals surface area contributed by atoms with Crippen molar-refractivity contribution < 1.29 is 8.42 Å². The Kier molecular flexibility index (Phi) is 6.01. The van der Waals surface area contributed by atoms with Gasteiger partial charge in [-0.25, -0.2) is 13.1 Å². The van der Waals surface area contributed by atoms with Crippen LogP contribution in [0.5, 0.6) is 0 Å². The molecule has 22 heavy (non-hydrogen) atoms. The van der Waals surface area contributed by atoms with Gasteiger partial charge in [-0.05, 0) is 43.9 Å². The molecule has 1 rings (SSSR count). The second-order valence-corrected chi connectivity index (χ2v) is 8.49. The van der Waals surface area contributed by atoms with E-state index >= 15 is 0 Å². The van der Waals surface area contributed by atoms with Crippen LogP contribution in [0.15, 0.2) is 23.1 Å². The number of nitrogens with two attached hydrogens (primary N) is 1. The Balaban J connectivity index is 3.16. The van der Waals surface area contributed by atoms with E-state index in [9.17, 15) is 8.42 Å². The summed E-state index contributed by atoms with van der Waals surface area (Å²) in [5.74, 6) is 0.353. The molecule has 0 heterocycles. The maximum Gasteiger partial charge on any atom is 0.241 e. The molecule has 0 radical (unpaired) electrons. The number of hydrogen-bond acceptors (Lipinski definition) is 4. The Bertz CT molecular complexity index is 612. The van der Waals surface area contributed by atoms with Crippen LogP contribution in [-0.2, 0) is 10.0 Å². The first-order chi connectivity index (χ1) is 10.0. The fraction of sp³-hybridized carbons (Fsp3) is 0.625. The third-order valence-electron chi connectivity index (χ3n) is 3.66. The van der Waals surface area contributed by atoms with Crippen molar-refractivity contribution >= 4 is 15.7 Å². The summed E-state index contributed by atoms with van der Waals surface area (Å²) in [6, 6.07) is 5.16. The minimum Gasteiger partial charge on any atom is -0.377 e. The van der Waals surface area contributed by atoms with E-state index in [0.717, 1.165) is 11.3 Å². The van der Waals surface area contributed by atoms with E-state index in [1.54, 1.807) is 12.1 Å². The van der Waals surface area contributed by atoms with Gasteiger partial charge in [0.1, 0.15) is 0 Å². The average Bonchev–Trinajstić information content (AvgIpc) is 2.36. The Morgan fingerprint density at radius 2 is 1.91 bits per heavy atom. The summed E-state index contributed by atoms with van der Waals surface area (Å²) in [7, 11) is 0.190. The lowest BCUT2D eigenvalue weighted by atomic mass is 9.92. The molecule has 1 aromatic rings. The Labute approximate surface area is 134 Å². The summed E-state index contributed by atoms with van der Waals surface area (Å²) < 4.78 is 28.2. The minimum atomic E-state index is -3.61. The lowest BCUT2D eigenvalue weighted by molar-refractivity contribution is 0.344. The van der Waals surface area contributed by atoms with Crippen LogP contribution >= 0.6 is 0 Å². The standard InChI is InChI=1S/C16H29N3O2S/c1-12(2)10-16(4,11-17)18-22(20,21)14-8-7-13(3)15(9-14)19(5)6/h7-9,12,18H,10-11,17H2,1-6H3. The third-order valence-corrected chi connectivity index (χ3v) is 5.30. The zero-order valence-electron chi connectivity index (χ0n) is 14.5.